The molecular weight excluding hydrogens is 550 g/mol. The molecule has 220 valence electrons. The van der Waals surface area contributed by atoms with E-state index in [2.05, 4.69) is 0 Å². The van der Waals surface area contributed by atoms with E-state index in [1.165, 1.54) is 46.9 Å². The van der Waals surface area contributed by atoms with Gasteiger partial charge in [0.1, 0.15) is 5.75 Å². The van der Waals surface area contributed by atoms with Crippen LogP contribution in [0.5, 0.6) is 5.75 Å². The number of carbonyl (C=O) groups excluding carboxylic acids is 2. The number of halogens is 6. The van der Waals surface area contributed by atoms with E-state index in [-0.39, 0.29) is 28.0 Å². The van der Waals surface area contributed by atoms with Crippen LogP contribution >= 0.6 is 0 Å². The Hall–Kier alpha value is -3.82. The quantitative estimate of drug-likeness (QED) is 0.173. The first-order valence-electron chi connectivity index (χ1n) is 12.5. The summed E-state index contributed by atoms with van der Waals surface area (Å²) in [6, 6.07) is 6.21. The SMILES string of the molecule is COC(=O)c1cc(C)c(C(=O)Oc2c(C)cc(C(c3cc(C)c(C)c(C)c3)(C(F)(F)F)C(F)(F)F)cc2C)cc1C. The maximum absolute atomic E-state index is 14.8. The maximum atomic E-state index is 14.8. The van der Waals surface area contributed by atoms with Gasteiger partial charge < -0.3 is 9.47 Å². The third-order valence-corrected chi connectivity index (χ3v) is 7.50. The molecule has 4 nitrogen and oxygen atoms in total. The first kappa shape index (κ1) is 31.7. The molecule has 0 aliphatic heterocycles. The first-order valence-corrected chi connectivity index (χ1v) is 12.5. The summed E-state index contributed by atoms with van der Waals surface area (Å²) in [5, 5.41) is 0. The highest BCUT2D eigenvalue weighted by Gasteiger charge is 2.72. The molecule has 0 amide bonds. The molecule has 0 spiro atoms. The van der Waals surface area contributed by atoms with Crippen molar-refractivity contribution in [3.8, 4) is 5.75 Å². The molecule has 0 heterocycles. The van der Waals surface area contributed by atoms with Crippen LogP contribution in [-0.2, 0) is 10.2 Å². The van der Waals surface area contributed by atoms with Gasteiger partial charge >= 0.3 is 24.3 Å². The van der Waals surface area contributed by atoms with E-state index in [1.54, 1.807) is 20.8 Å². The largest absolute Gasteiger partial charge is 0.465 e. The van der Waals surface area contributed by atoms with Crippen LogP contribution in [0.2, 0.25) is 0 Å². The lowest BCUT2D eigenvalue weighted by atomic mass is 9.71. The van der Waals surface area contributed by atoms with Crippen molar-refractivity contribution in [2.24, 2.45) is 0 Å². The van der Waals surface area contributed by atoms with Crippen molar-refractivity contribution in [1.82, 2.24) is 0 Å². The van der Waals surface area contributed by atoms with Gasteiger partial charge in [0.05, 0.1) is 18.2 Å². The average molecular weight is 581 g/mol. The highest BCUT2D eigenvalue weighted by molar-refractivity contribution is 5.97. The molecule has 0 aliphatic rings. The molecule has 0 aromatic heterocycles. The Bertz CT molecular complexity index is 1470. The Morgan fingerprint density at radius 1 is 0.561 bits per heavy atom. The van der Waals surface area contributed by atoms with Crippen molar-refractivity contribution < 1.29 is 45.4 Å². The van der Waals surface area contributed by atoms with Crippen molar-refractivity contribution in [1.29, 1.82) is 0 Å². The molecule has 3 aromatic rings. The molecule has 0 fully saturated rings. The summed E-state index contributed by atoms with van der Waals surface area (Å²) in [4.78, 5) is 25.0. The van der Waals surface area contributed by atoms with Crippen LogP contribution in [0, 0.1) is 48.5 Å². The molecule has 0 saturated heterocycles. The van der Waals surface area contributed by atoms with Gasteiger partial charge in [0.25, 0.3) is 0 Å². The van der Waals surface area contributed by atoms with Crippen molar-refractivity contribution >= 4 is 11.9 Å². The topological polar surface area (TPSA) is 52.6 Å². The van der Waals surface area contributed by atoms with Gasteiger partial charge in [-0.15, -0.1) is 0 Å². The van der Waals surface area contributed by atoms with E-state index in [4.69, 9.17) is 9.47 Å². The molecular formula is C31H30F6O4. The Morgan fingerprint density at radius 3 is 1.29 bits per heavy atom. The zero-order chi connectivity index (χ0) is 31.2. The zero-order valence-corrected chi connectivity index (χ0v) is 23.9. The molecule has 41 heavy (non-hydrogen) atoms. The van der Waals surface area contributed by atoms with Gasteiger partial charge in [0.15, 0.2) is 0 Å². The van der Waals surface area contributed by atoms with Gasteiger partial charge in [-0.1, -0.05) is 24.3 Å². The molecule has 0 unspecified atom stereocenters. The third-order valence-electron chi connectivity index (χ3n) is 7.50. The van der Waals surface area contributed by atoms with E-state index in [0.29, 0.717) is 27.8 Å². The fraction of sp³-hybridized carbons (Fsp3) is 0.355. The zero-order valence-electron chi connectivity index (χ0n) is 23.9. The lowest BCUT2D eigenvalue weighted by molar-refractivity contribution is -0.288. The number of carbonyl (C=O) groups is 2. The van der Waals surface area contributed by atoms with E-state index >= 15 is 0 Å². The molecule has 0 atom stereocenters. The van der Waals surface area contributed by atoms with Crippen molar-refractivity contribution in [3.63, 3.8) is 0 Å². The number of hydrogen-bond acceptors (Lipinski definition) is 4. The van der Waals surface area contributed by atoms with Crippen molar-refractivity contribution in [3.05, 3.63) is 97.6 Å². The van der Waals surface area contributed by atoms with Crippen LogP contribution in [0.15, 0.2) is 36.4 Å². The molecule has 0 aliphatic carbocycles. The summed E-state index contributed by atoms with van der Waals surface area (Å²) in [6.45, 7) is 10.2. The van der Waals surface area contributed by atoms with Crippen LogP contribution in [0.4, 0.5) is 26.3 Å². The summed E-state index contributed by atoms with van der Waals surface area (Å²) in [5.41, 5.74) is -4.23. The number of alkyl halides is 6. The average Bonchev–Trinajstić information content (AvgIpc) is 2.83. The Balaban J connectivity index is 2.20. The molecule has 3 aromatic carbocycles. The van der Waals surface area contributed by atoms with Gasteiger partial charge in [-0.3, -0.25) is 0 Å². The van der Waals surface area contributed by atoms with Crippen LogP contribution < -0.4 is 4.74 Å². The van der Waals surface area contributed by atoms with Gasteiger partial charge in [-0.2, -0.15) is 26.3 Å². The van der Waals surface area contributed by atoms with Gasteiger partial charge in [0.2, 0.25) is 5.41 Å². The third kappa shape index (κ3) is 5.44. The molecule has 0 N–H and O–H groups in total. The summed E-state index contributed by atoms with van der Waals surface area (Å²) in [7, 11) is 1.21. The highest BCUT2D eigenvalue weighted by Crippen LogP contribution is 2.57. The number of benzene rings is 3. The standard InChI is InChI=1S/C31H30F6O4/c1-15-9-22(10-16(2)21(15)7)29(30(32,33)34,31(35,36)37)23-11-19(5)26(20(6)12-23)41-28(39)25-14-17(3)24(13-18(25)4)27(38)40-8/h9-14H,1-8H3. The lowest BCUT2D eigenvalue weighted by Gasteiger charge is -2.39. The molecule has 0 saturated carbocycles. The van der Waals surface area contributed by atoms with Gasteiger partial charge in [-0.25, -0.2) is 9.59 Å². The lowest BCUT2D eigenvalue weighted by Crippen LogP contribution is -2.55. The first-order chi connectivity index (χ1) is 18.8. The number of rotatable bonds is 5. The Labute approximate surface area is 234 Å². The molecule has 3 rings (SSSR count). The fourth-order valence-electron chi connectivity index (χ4n) is 5.08. The number of hydrogen-bond donors (Lipinski definition) is 0. The normalized spacial score (nSPS) is 12.3. The number of aryl methyl sites for hydroxylation is 6. The Kier molecular flexibility index (Phi) is 8.41. The van der Waals surface area contributed by atoms with E-state index in [9.17, 15) is 35.9 Å². The maximum Gasteiger partial charge on any atom is 0.411 e. The van der Waals surface area contributed by atoms with Crippen LogP contribution in [0.3, 0.4) is 0 Å². The number of ether oxygens (including phenoxy) is 2. The minimum Gasteiger partial charge on any atom is -0.465 e. The summed E-state index contributed by atoms with van der Waals surface area (Å²) < 4.78 is 98.8. The second-order valence-corrected chi connectivity index (χ2v) is 10.3. The van der Waals surface area contributed by atoms with Crippen LogP contribution in [-0.4, -0.2) is 31.4 Å². The molecule has 0 radical (unpaired) electrons. The molecule has 0 bridgehead atoms. The number of methoxy groups -OCH3 is 1. The van der Waals surface area contributed by atoms with Crippen molar-refractivity contribution in [2.45, 2.75) is 66.2 Å². The van der Waals surface area contributed by atoms with Gasteiger partial charge in [0, 0.05) is 0 Å². The summed E-state index contributed by atoms with van der Waals surface area (Å²) in [6.07, 6.45) is -11.5. The van der Waals surface area contributed by atoms with E-state index in [0.717, 1.165) is 24.3 Å². The smallest absolute Gasteiger partial charge is 0.411 e. The monoisotopic (exact) mass is 580 g/mol. The van der Waals surface area contributed by atoms with E-state index in [1.807, 2.05) is 0 Å². The second-order valence-electron chi connectivity index (χ2n) is 10.3. The minimum atomic E-state index is -5.76. The van der Waals surface area contributed by atoms with Gasteiger partial charge in [-0.05, 0) is 111 Å². The predicted octanol–water partition coefficient (Wildman–Crippen LogP) is 8.26. The number of esters is 2. The highest BCUT2D eigenvalue weighted by atomic mass is 19.4. The summed E-state index contributed by atoms with van der Waals surface area (Å²) in [5.74, 6) is -1.66. The van der Waals surface area contributed by atoms with Crippen LogP contribution in [0.1, 0.15) is 70.8 Å². The second kappa shape index (κ2) is 10.9. The fourth-order valence-corrected chi connectivity index (χ4v) is 5.08. The Morgan fingerprint density at radius 2 is 0.927 bits per heavy atom. The predicted molar refractivity (Wildman–Crippen MR) is 142 cm³/mol. The van der Waals surface area contributed by atoms with Crippen molar-refractivity contribution in [2.75, 3.05) is 7.11 Å². The van der Waals surface area contributed by atoms with E-state index < -0.39 is 40.8 Å². The molecule has 10 heteroatoms. The summed E-state index contributed by atoms with van der Waals surface area (Å²) >= 11 is 0. The van der Waals surface area contributed by atoms with Crippen LogP contribution in [0.25, 0.3) is 0 Å². The minimum absolute atomic E-state index is 0.0727.